The number of carboxylic acid groups (broad SMARTS) is 1. The number of thioether (sulfide) groups is 1. The largest absolute Gasteiger partial charge is 1.00 e. The van der Waals surface area contributed by atoms with Crippen LogP contribution in [0.1, 0.15) is 6.42 Å². The van der Waals surface area contributed by atoms with Crippen LogP contribution < -0.4 is 40.4 Å². The van der Waals surface area contributed by atoms with Crippen LogP contribution in [0.25, 0.3) is 0 Å². The van der Waals surface area contributed by atoms with Gasteiger partial charge in [0.05, 0.1) is 23.5 Å². The normalized spacial score (nSPS) is 21.7. The van der Waals surface area contributed by atoms with E-state index in [-0.39, 0.29) is 53.1 Å². The number of primary amides is 1. The van der Waals surface area contributed by atoms with Gasteiger partial charge in [0.25, 0.3) is 0 Å². The van der Waals surface area contributed by atoms with Gasteiger partial charge in [-0.05, 0) is 0 Å². The van der Waals surface area contributed by atoms with Crippen LogP contribution in [0.4, 0.5) is 4.79 Å². The SMILES string of the molecule is NC(=O)OCC1=C(C(=O)[O-])N2C(=O)C[C@H]2SC1.[Na+]. The molecule has 0 saturated carbocycles. The first-order chi connectivity index (χ1) is 8.00. The number of nitrogens with two attached hydrogens (primary N) is 1. The number of amides is 2. The van der Waals surface area contributed by atoms with Crippen molar-refractivity contribution in [1.29, 1.82) is 0 Å². The van der Waals surface area contributed by atoms with Crippen molar-refractivity contribution in [2.45, 2.75) is 11.8 Å². The van der Waals surface area contributed by atoms with Crippen LogP contribution in [0.3, 0.4) is 0 Å². The van der Waals surface area contributed by atoms with Crippen molar-refractivity contribution in [2.75, 3.05) is 12.4 Å². The van der Waals surface area contributed by atoms with Gasteiger partial charge >= 0.3 is 35.7 Å². The molecule has 2 amide bonds. The number of ether oxygens (including phenoxy) is 1. The van der Waals surface area contributed by atoms with Gasteiger partial charge in [-0.25, -0.2) is 4.79 Å². The molecule has 0 aromatic heterocycles. The molecule has 0 aromatic carbocycles. The number of hydrogen-bond donors (Lipinski definition) is 1. The average Bonchev–Trinajstić information content (AvgIpc) is 2.24. The van der Waals surface area contributed by atoms with E-state index in [1.165, 1.54) is 16.7 Å². The van der Waals surface area contributed by atoms with Gasteiger partial charge in [0.2, 0.25) is 5.91 Å². The van der Waals surface area contributed by atoms with Gasteiger partial charge in [0.1, 0.15) is 6.61 Å². The first-order valence-corrected chi connectivity index (χ1v) is 5.85. The zero-order valence-corrected chi connectivity index (χ0v) is 12.5. The number of hydrogen-bond acceptors (Lipinski definition) is 6. The number of fused-ring (bicyclic) bond motifs is 1. The van der Waals surface area contributed by atoms with E-state index in [1.54, 1.807) is 0 Å². The summed E-state index contributed by atoms with van der Waals surface area (Å²) in [5.74, 6) is -1.32. The standard InChI is InChI=1S/C9H10N2O5S.Na/c10-9(15)16-2-4-3-17-6-1-5(12)11(6)7(4)8(13)14;/h6H,1-3H2,(H2,10,15)(H,13,14);/q;+1/p-1/t6-;/m1./s1. The Kier molecular flexibility index (Phi) is 5.09. The van der Waals surface area contributed by atoms with Gasteiger partial charge in [-0.1, -0.05) is 0 Å². The summed E-state index contributed by atoms with van der Waals surface area (Å²) < 4.78 is 4.54. The molecule has 0 bridgehead atoms. The Bertz CT molecular complexity index is 439. The monoisotopic (exact) mass is 280 g/mol. The van der Waals surface area contributed by atoms with Crippen LogP contribution in [-0.2, 0) is 14.3 Å². The minimum Gasteiger partial charge on any atom is -0.543 e. The van der Waals surface area contributed by atoms with Crippen LogP contribution in [-0.4, -0.2) is 40.6 Å². The van der Waals surface area contributed by atoms with E-state index in [2.05, 4.69) is 4.74 Å². The number of nitrogens with zero attached hydrogens (tertiary/aromatic N) is 1. The Labute approximate surface area is 129 Å². The van der Waals surface area contributed by atoms with E-state index < -0.39 is 12.1 Å². The molecule has 1 atom stereocenters. The third-order valence-electron chi connectivity index (χ3n) is 2.51. The fourth-order valence-corrected chi connectivity index (χ4v) is 2.98. The Balaban J connectivity index is 0.00000162. The molecule has 1 fully saturated rings. The van der Waals surface area contributed by atoms with Crippen LogP contribution in [0.15, 0.2) is 11.3 Å². The molecule has 9 heteroatoms. The quantitative estimate of drug-likeness (QED) is 0.411. The van der Waals surface area contributed by atoms with Crippen molar-refractivity contribution >= 4 is 29.7 Å². The molecule has 0 radical (unpaired) electrons. The predicted octanol–water partition coefficient (Wildman–Crippen LogP) is -4.61. The molecule has 7 nitrogen and oxygen atoms in total. The predicted molar refractivity (Wildman–Crippen MR) is 55.3 cm³/mol. The van der Waals surface area contributed by atoms with Gasteiger partial charge in [-0.15, -0.1) is 11.8 Å². The summed E-state index contributed by atoms with van der Waals surface area (Å²) in [6.07, 6.45) is -0.664. The second kappa shape index (κ2) is 5.96. The van der Waals surface area contributed by atoms with Gasteiger partial charge < -0.3 is 20.4 Å². The minimum absolute atomic E-state index is 0. The van der Waals surface area contributed by atoms with E-state index in [9.17, 15) is 19.5 Å². The molecule has 2 aliphatic rings. The van der Waals surface area contributed by atoms with Crippen LogP contribution in [0.5, 0.6) is 0 Å². The molecule has 0 aromatic rings. The molecular weight excluding hydrogens is 271 g/mol. The minimum atomic E-state index is -1.44. The molecule has 2 aliphatic heterocycles. The average molecular weight is 280 g/mol. The summed E-state index contributed by atoms with van der Waals surface area (Å²) in [7, 11) is 0. The number of aliphatic carboxylic acids is 1. The first kappa shape index (κ1) is 15.4. The van der Waals surface area contributed by atoms with Crippen LogP contribution in [0.2, 0.25) is 0 Å². The van der Waals surface area contributed by atoms with E-state index in [0.29, 0.717) is 17.7 Å². The molecule has 18 heavy (non-hydrogen) atoms. The Morgan fingerprint density at radius 3 is 2.72 bits per heavy atom. The summed E-state index contributed by atoms with van der Waals surface area (Å²) in [4.78, 5) is 34.0. The van der Waals surface area contributed by atoms with Gasteiger partial charge in [0, 0.05) is 11.3 Å². The number of β-lactam (4-membered cyclic amide) rings is 1. The van der Waals surface area contributed by atoms with Gasteiger partial charge in [-0.3, -0.25) is 9.69 Å². The number of carbonyl (C=O) groups is 3. The van der Waals surface area contributed by atoms with E-state index in [4.69, 9.17) is 5.73 Å². The third-order valence-corrected chi connectivity index (χ3v) is 3.79. The summed E-state index contributed by atoms with van der Waals surface area (Å²) in [5, 5.41) is 10.9. The number of carbonyl (C=O) groups excluding carboxylic acids is 3. The molecule has 2 heterocycles. The zero-order valence-electron chi connectivity index (χ0n) is 9.67. The maximum Gasteiger partial charge on any atom is 1.00 e. The number of rotatable bonds is 3. The van der Waals surface area contributed by atoms with Crippen LogP contribution in [0, 0.1) is 0 Å². The van der Waals surface area contributed by atoms with E-state index >= 15 is 0 Å². The molecule has 2 N–H and O–H groups in total. The molecule has 0 spiro atoms. The van der Waals surface area contributed by atoms with Crippen molar-refractivity contribution < 1.29 is 53.8 Å². The maximum absolute atomic E-state index is 11.3. The van der Waals surface area contributed by atoms with Gasteiger partial charge in [-0.2, -0.15) is 0 Å². The summed E-state index contributed by atoms with van der Waals surface area (Å²) in [6, 6.07) is 0. The Morgan fingerprint density at radius 1 is 1.56 bits per heavy atom. The van der Waals surface area contributed by atoms with E-state index in [0.717, 1.165) is 0 Å². The van der Waals surface area contributed by atoms with Crippen molar-refractivity contribution in [3.8, 4) is 0 Å². The Morgan fingerprint density at radius 2 is 2.22 bits per heavy atom. The van der Waals surface area contributed by atoms with Crippen molar-refractivity contribution in [2.24, 2.45) is 5.73 Å². The first-order valence-electron chi connectivity index (χ1n) is 4.80. The fourth-order valence-electron chi connectivity index (χ4n) is 1.74. The van der Waals surface area contributed by atoms with Crippen molar-refractivity contribution in [3.05, 3.63) is 11.3 Å². The molecule has 2 rings (SSSR count). The maximum atomic E-state index is 11.3. The van der Waals surface area contributed by atoms with Gasteiger partial charge in [0.15, 0.2) is 0 Å². The second-order valence-electron chi connectivity index (χ2n) is 3.58. The topological polar surface area (TPSA) is 113 Å². The Hall–Kier alpha value is -0.700. The molecule has 0 aliphatic carbocycles. The molecule has 0 unspecified atom stereocenters. The van der Waals surface area contributed by atoms with Crippen molar-refractivity contribution in [3.63, 3.8) is 0 Å². The van der Waals surface area contributed by atoms with E-state index in [1.807, 2.05) is 0 Å². The summed E-state index contributed by atoms with van der Waals surface area (Å²) in [6.45, 7) is -0.234. The molecule has 92 valence electrons. The smallest absolute Gasteiger partial charge is 0.543 e. The van der Waals surface area contributed by atoms with Crippen molar-refractivity contribution in [1.82, 2.24) is 4.90 Å². The zero-order chi connectivity index (χ0) is 12.6. The summed E-state index contributed by atoms with van der Waals surface area (Å²) in [5.41, 5.74) is 4.94. The summed E-state index contributed by atoms with van der Waals surface area (Å²) >= 11 is 1.42. The molecule has 1 saturated heterocycles. The fraction of sp³-hybridized carbons (Fsp3) is 0.444. The number of carboxylic acids is 1. The molecular formula is C9H9N2NaO5S. The third kappa shape index (κ3) is 2.82. The van der Waals surface area contributed by atoms with Crippen LogP contribution >= 0.6 is 11.8 Å². The second-order valence-corrected chi connectivity index (χ2v) is 4.75.